The highest BCUT2D eigenvalue weighted by Crippen LogP contribution is 2.35. The van der Waals surface area contributed by atoms with Gasteiger partial charge in [-0.25, -0.2) is 4.98 Å². The molecule has 102 valence electrons. The van der Waals surface area contributed by atoms with E-state index in [0.29, 0.717) is 5.92 Å². The second-order valence-corrected chi connectivity index (χ2v) is 6.90. The Hall–Kier alpha value is -1.61. The molecule has 1 aliphatic rings. The number of hydrogen-bond acceptors (Lipinski definition) is 2. The van der Waals surface area contributed by atoms with Crippen LogP contribution in [-0.4, -0.2) is 9.38 Å². The fourth-order valence-corrected chi connectivity index (χ4v) is 4.33. The number of aryl methyl sites for hydroxylation is 3. The first-order valence-corrected chi connectivity index (χ1v) is 8.07. The number of hydrogen-bond donors (Lipinski definition) is 0. The number of benzene rings is 1. The van der Waals surface area contributed by atoms with Crippen molar-refractivity contribution in [3.63, 3.8) is 0 Å². The van der Waals surface area contributed by atoms with Crippen LogP contribution in [0.25, 0.3) is 4.96 Å². The van der Waals surface area contributed by atoms with Crippen molar-refractivity contribution < 1.29 is 0 Å². The third-order valence-corrected chi connectivity index (χ3v) is 5.61. The SMILES string of the molecule is Cc1sc2nc3c(n2c1C)CC(c1ccccc1)CC3. The van der Waals surface area contributed by atoms with Crippen LogP contribution in [0.1, 0.15) is 39.9 Å². The molecule has 0 saturated heterocycles. The van der Waals surface area contributed by atoms with Crippen LogP contribution in [0.15, 0.2) is 30.3 Å². The quantitative estimate of drug-likeness (QED) is 0.651. The number of thiazole rings is 1. The van der Waals surface area contributed by atoms with Gasteiger partial charge in [-0.1, -0.05) is 30.3 Å². The first-order valence-electron chi connectivity index (χ1n) is 7.25. The number of nitrogens with zero attached hydrogens (tertiary/aromatic N) is 2. The summed E-state index contributed by atoms with van der Waals surface area (Å²) in [5.41, 5.74) is 5.61. The monoisotopic (exact) mass is 282 g/mol. The molecule has 0 bridgehead atoms. The van der Waals surface area contributed by atoms with Gasteiger partial charge in [0.25, 0.3) is 0 Å². The number of rotatable bonds is 1. The van der Waals surface area contributed by atoms with Crippen molar-refractivity contribution in [2.45, 2.75) is 39.0 Å². The van der Waals surface area contributed by atoms with Gasteiger partial charge in [-0.15, -0.1) is 11.3 Å². The molecule has 1 unspecified atom stereocenters. The van der Waals surface area contributed by atoms with E-state index in [1.807, 2.05) is 11.3 Å². The summed E-state index contributed by atoms with van der Waals surface area (Å²) < 4.78 is 2.39. The summed E-state index contributed by atoms with van der Waals surface area (Å²) in [5.74, 6) is 0.642. The summed E-state index contributed by atoms with van der Waals surface area (Å²) in [6, 6.07) is 10.9. The molecule has 1 aliphatic carbocycles. The Kier molecular flexibility index (Phi) is 2.71. The smallest absolute Gasteiger partial charge is 0.194 e. The Labute approximate surface area is 123 Å². The van der Waals surface area contributed by atoms with Gasteiger partial charge in [0.15, 0.2) is 4.96 Å². The molecule has 4 rings (SSSR count). The lowest BCUT2D eigenvalue weighted by molar-refractivity contribution is 0.567. The predicted molar refractivity (Wildman–Crippen MR) is 83.8 cm³/mol. The lowest BCUT2D eigenvalue weighted by Gasteiger charge is -2.22. The van der Waals surface area contributed by atoms with Crippen LogP contribution in [0.5, 0.6) is 0 Å². The van der Waals surface area contributed by atoms with Crippen LogP contribution in [0.2, 0.25) is 0 Å². The minimum Gasteiger partial charge on any atom is -0.291 e. The second-order valence-electron chi connectivity index (χ2n) is 5.72. The molecule has 3 aromatic rings. The van der Waals surface area contributed by atoms with E-state index in [9.17, 15) is 0 Å². The summed E-state index contributed by atoms with van der Waals surface area (Å²) in [4.78, 5) is 7.41. The van der Waals surface area contributed by atoms with Crippen molar-refractivity contribution in [3.05, 3.63) is 57.9 Å². The summed E-state index contributed by atoms with van der Waals surface area (Å²) >= 11 is 1.82. The Bertz CT molecular complexity index is 767. The maximum Gasteiger partial charge on any atom is 0.194 e. The maximum absolute atomic E-state index is 4.84. The van der Waals surface area contributed by atoms with Crippen LogP contribution < -0.4 is 0 Å². The molecule has 0 amide bonds. The van der Waals surface area contributed by atoms with Gasteiger partial charge < -0.3 is 0 Å². The van der Waals surface area contributed by atoms with Crippen molar-refractivity contribution in [2.24, 2.45) is 0 Å². The van der Waals surface area contributed by atoms with E-state index in [4.69, 9.17) is 4.98 Å². The molecule has 2 heterocycles. The molecular formula is C17H18N2S. The van der Waals surface area contributed by atoms with Crippen molar-refractivity contribution in [1.82, 2.24) is 9.38 Å². The molecule has 1 aromatic carbocycles. The first-order chi connectivity index (χ1) is 9.74. The van der Waals surface area contributed by atoms with Crippen LogP contribution in [0.3, 0.4) is 0 Å². The third-order valence-electron chi connectivity index (χ3n) is 4.55. The van der Waals surface area contributed by atoms with Gasteiger partial charge in [-0.3, -0.25) is 4.40 Å². The fourth-order valence-electron chi connectivity index (χ4n) is 3.32. The molecule has 0 saturated carbocycles. The molecule has 1 atom stereocenters. The Morgan fingerprint density at radius 3 is 2.80 bits per heavy atom. The van der Waals surface area contributed by atoms with Crippen LogP contribution in [-0.2, 0) is 12.8 Å². The maximum atomic E-state index is 4.84. The largest absolute Gasteiger partial charge is 0.291 e. The summed E-state index contributed by atoms with van der Waals surface area (Å²) in [5, 5.41) is 0. The van der Waals surface area contributed by atoms with E-state index in [1.54, 1.807) is 0 Å². The second kappa shape index (κ2) is 4.45. The minimum atomic E-state index is 0.642. The Morgan fingerprint density at radius 2 is 2.00 bits per heavy atom. The lowest BCUT2D eigenvalue weighted by atomic mass is 9.84. The summed E-state index contributed by atoms with van der Waals surface area (Å²) in [6.45, 7) is 4.41. The van der Waals surface area contributed by atoms with Crippen molar-refractivity contribution in [3.8, 4) is 0 Å². The van der Waals surface area contributed by atoms with E-state index in [0.717, 1.165) is 12.8 Å². The van der Waals surface area contributed by atoms with E-state index in [2.05, 4.69) is 48.6 Å². The van der Waals surface area contributed by atoms with Crippen LogP contribution in [0.4, 0.5) is 0 Å². The van der Waals surface area contributed by atoms with Gasteiger partial charge in [0, 0.05) is 16.3 Å². The predicted octanol–water partition coefficient (Wildman–Crippen LogP) is 4.29. The van der Waals surface area contributed by atoms with Crippen LogP contribution >= 0.6 is 11.3 Å². The normalized spacial score (nSPS) is 18.4. The highest BCUT2D eigenvalue weighted by molar-refractivity contribution is 7.17. The fraction of sp³-hybridized carbons (Fsp3) is 0.353. The standard InChI is InChI=1S/C17H18N2S/c1-11-12(2)20-17-18-15-9-8-14(10-16(15)19(11)17)13-6-4-3-5-7-13/h3-7,14H,8-10H2,1-2H3. The van der Waals surface area contributed by atoms with E-state index in [-0.39, 0.29) is 0 Å². The molecule has 2 nitrogen and oxygen atoms in total. The highest BCUT2D eigenvalue weighted by atomic mass is 32.1. The molecule has 0 N–H and O–H groups in total. The third kappa shape index (κ3) is 1.73. The van der Waals surface area contributed by atoms with Crippen LogP contribution in [0, 0.1) is 13.8 Å². The Morgan fingerprint density at radius 1 is 1.20 bits per heavy atom. The zero-order valence-electron chi connectivity index (χ0n) is 11.9. The minimum absolute atomic E-state index is 0.642. The van der Waals surface area contributed by atoms with Gasteiger partial charge in [0.2, 0.25) is 0 Å². The van der Waals surface area contributed by atoms with Gasteiger partial charge in [0.1, 0.15) is 0 Å². The molecule has 2 aromatic heterocycles. The number of fused-ring (bicyclic) bond motifs is 3. The summed E-state index contributed by atoms with van der Waals surface area (Å²) in [7, 11) is 0. The zero-order chi connectivity index (χ0) is 13.7. The average Bonchev–Trinajstić information content (AvgIpc) is 2.96. The van der Waals surface area contributed by atoms with E-state index in [1.165, 1.54) is 38.9 Å². The molecule has 0 radical (unpaired) electrons. The Balaban J connectivity index is 1.80. The molecule has 20 heavy (non-hydrogen) atoms. The molecule has 0 aliphatic heterocycles. The van der Waals surface area contributed by atoms with Crippen molar-refractivity contribution in [1.29, 1.82) is 0 Å². The molecular weight excluding hydrogens is 264 g/mol. The van der Waals surface area contributed by atoms with Crippen molar-refractivity contribution in [2.75, 3.05) is 0 Å². The molecule has 0 spiro atoms. The first kappa shape index (κ1) is 12.2. The average molecular weight is 282 g/mol. The van der Waals surface area contributed by atoms with Gasteiger partial charge in [-0.2, -0.15) is 0 Å². The number of imidazole rings is 1. The molecule has 3 heteroatoms. The van der Waals surface area contributed by atoms with Gasteiger partial charge in [0.05, 0.1) is 5.69 Å². The number of aromatic nitrogens is 2. The van der Waals surface area contributed by atoms with Gasteiger partial charge in [-0.05, 0) is 44.6 Å². The lowest BCUT2D eigenvalue weighted by Crippen LogP contribution is -2.14. The highest BCUT2D eigenvalue weighted by Gasteiger charge is 2.26. The zero-order valence-corrected chi connectivity index (χ0v) is 12.7. The summed E-state index contributed by atoms with van der Waals surface area (Å²) in [6.07, 6.45) is 3.46. The topological polar surface area (TPSA) is 17.3 Å². The van der Waals surface area contributed by atoms with E-state index >= 15 is 0 Å². The van der Waals surface area contributed by atoms with Crippen molar-refractivity contribution >= 4 is 16.3 Å². The van der Waals surface area contributed by atoms with Gasteiger partial charge >= 0.3 is 0 Å². The van der Waals surface area contributed by atoms with E-state index < -0.39 is 0 Å². The molecule has 0 fully saturated rings.